The number of rotatable bonds is 1. The molecule has 0 saturated carbocycles. The lowest BCUT2D eigenvalue weighted by Crippen LogP contribution is -1.86. The van der Waals surface area contributed by atoms with Crippen molar-refractivity contribution in [1.82, 2.24) is 4.98 Å². The molecule has 0 unspecified atom stereocenters. The van der Waals surface area contributed by atoms with Crippen molar-refractivity contribution in [3.8, 4) is 11.3 Å². The summed E-state index contributed by atoms with van der Waals surface area (Å²) in [5.41, 5.74) is 13.0. The van der Waals surface area contributed by atoms with Gasteiger partial charge in [0.05, 0.1) is 0 Å². The van der Waals surface area contributed by atoms with E-state index in [-0.39, 0.29) is 0 Å². The zero-order chi connectivity index (χ0) is 10.1. The first kappa shape index (κ1) is 9.30. The number of hydrogen-bond acceptors (Lipinski definition) is 4. The van der Waals surface area contributed by atoms with E-state index in [2.05, 4.69) is 4.98 Å². The Hall–Kier alpha value is -1.26. The minimum atomic E-state index is 0.479. The van der Waals surface area contributed by atoms with Gasteiger partial charge in [-0.2, -0.15) is 0 Å². The van der Waals surface area contributed by atoms with Gasteiger partial charge in [0, 0.05) is 10.6 Å². The molecule has 0 atom stereocenters. The number of aromatic nitrogens is 1. The van der Waals surface area contributed by atoms with E-state index < -0.39 is 0 Å². The molecule has 4 N–H and O–H groups in total. The monoisotopic (exact) mass is 225 g/mol. The lowest BCUT2D eigenvalue weighted by molar-refractivity contribution is 1.41. The molecule has 0 aliphatic carbocycles. The molecule has 14 heavy (non-hydrogen) atoms. The molecule has 0 saturated heterocycles. The van der Waals surface area contributed by atoms with E-state index in [1.165, 1.54) is 11.3 Å². The Labute approximate surface area is 90.3 Å². The summed E-state index contributed by atoms with van der Waals surface area (Å²) in [5, 5.41) is 1.80. The fraction of sp³-hybridized carbons (Fsp3) is 0. The van der Waals surface area contributed by atoms with Gasteiger partial charge in [0.2, 0.25) is 0 Å². The molecule has 1 heterocycles. The minimum absolute atomic E-state index is 0.479. The first-order valence-corrected chi connectivity index (χ1v) is 5.14. The van der Waals surface area contributed by atoms with E-state index >= 15 is 0 Å². The van der Waals surface area contributed by atoms with Crippen LogP contribution in [0.4, 0.5) is 10.1 Å². The van der Waals surface area contributed by atoms with Gasteiger partial charge in [-0.25, -0.2) is 4.98 Å². The van der Waals surface area contributed by atoms with Crippen LogP contribution in [0.25, 0.3) is 11.3 Å². The first-order valence-electron chi connectivity index (χ1n) is 3.94. The fourth-order valence-electron chi connectivity index (χ4n) is 1.16. The third-order valence-corrected chi connectivity index (χ3v) is 2.75. The molecule has 0 spiro atoms. The molecule has 0 aliphatic rings. The number of thiazole rings is 1. The van der Waals surface area contributed by atoms with Crippen molar-refractivity contribution in [3.63, 3.8) is 0 Å². The molecule has 72 valence electrons. The predicted octanol–water partition coefficient (Wildman–Crippen LogP) is 2.63. The van der Waals surface area contributed by atoms with Crippen LogP contribution in [0.2, 0.25) is 5.02 Å². The van der Waals surface area contributed by atoms with E-state index in [9.17, 15) is 0 Å². The van der Waals surface area contributed by atoms with Crippen molar-refractivity contribution in [2.75, 3.05) is 11.5 Å². The Bertz CT molecular complexity index is 450. The standard InChI is InChI=1S/C9H8ClN3S/c10-6-3-1-5(2-4-6)7-8(11)14-9(12)13-7/h1-4H,11H2,(H2,12,13). The van der Waals surface area contributed by atoms with Crippen LogP contribution < -0.4 is 11.5 Å². The molecule has 0 amide bonds. The summed E-state index contributed by atoms with van der Waals surface area (Å²) in [4.78, 5) is 4.14. The molecular weight excluding hydrogens is 218 g/mol. The molecule has 0 bridgehead atoms. The van der Waals surface area contributed by atoms with Gasteiger partial charge >= 0.3 is 0 Å². The van der Waals surface area contributed by atoms with E-state index in [0.29, 0.717) is 15.2 Å². The number of nitrogen functional groups attached to an aromatic ring is 2. The van der Waals surface area contributed by atoms with Crippen molar-refractivity contribution in [2.24, 2.45) is 0 Å². The number of anilines is 2. The van der Waals surface area contributed by atoms with Gasteiger partial charge < -0.3 is 11.5 Å². The third-order valence-electron chi connectivity index (χ3n) is 1.79. The largest absolute Gasteiger partial charge is 0.389 e. The van der Waals surface area contributed by atoms with Crippen molar-refractivity contribution < 1.29 is 0 Å². The normalized spacial score (nSPS) is 10.4. The van der Waals surface area contributed by atoms with Crippen LogP contribution >= 0.6 is 22.9 Å². The number of nitrogens with zero attached hydrogens (tertiary/aromatic N) is 1. The summed E-state index contributed by atoms with van der Waals surface area (Å²) < 4.78 is 0. The molecule has 1 aromatic carbocycles. The van der Waals surface area contributed by atoms with Gasteiger partial charge in [0.15, 0.2) is 5.13 Å². The van der Waals surface area contributed by atoms with Crippen LogP contribution in [0.15, 0.2) is 24.3 Å². The highest BCUT2D eigenvalue weighted by molar-refractivity contribution is 7.19. The summed E-state index contributed by atoms with van der Waals surface area (Å²) in [7, 11) is 0. The Morgan fingerprint density at radius 2 is 1.79 bits per heavy atom. The predicted molar refractivity (Wildman–Crippen MR) is 61.4 cm³/mol. The maximum Gasteiger partial charge on any atom is 0.182 e. The van der Waals surface area contributed by atoms with Crippen molar-refractivity contribution >= 4 is 33.1 Å². The van der Waals surface area contributed by atoms with Crippen LogP contribution in [0, 0.1) is 0 Å². The Balaban J connectivity index is 2.49. The summed E-state index contributed by atoms with van der Waals surface area (Å²) >= 11 is 7.05. The summed E-state index contributed by atoms with van der Waals surface area (Å²) in [5.74, 6) is 0. The number of halogens is 1. The van der Waals surface area contributed by atoms with Crippen LogP contribution in [0.5, 0.6) is 0 Å². The maximum absolute atomic E-state index is 5.77. The van der Waals surface area contributed by atoms with Gasteiger partial charge in [0.25, 0.3) is 0 Å². The zero-order valence-corrected chi connectivity index (χ0v) is 8.77. The highest BCUT2D eigenvalue weighted by Crippen LogP contribution is 2.32. The quantitative estimate of drug-likeness (QED) is 0.784. The lowest BCUT2D eigenvalue weighted by atomic mass is 10.2. The Morgan fingerprint density at radius 1 is 1.14 bits per heavy atom. The lowest BCUT2D eigenvalue weighted by Gasteiger charge is -1.97. The van der Waals surface area contributed by atoms with Crippen molar-refractivity contribution in [1.29, 1.82) is 0 Å². The smallest absolute Gasteiger partial charge is 0.182 e. The summed E-state index contributed by atoms with van der Waals surface area (Å²) in [6, 6.07) is 7.33. The Morgan fingerprint density at radius 3 is 2.29 bits per heavy atom. The highest BCUT2D eigenvalue weighted by Gasteiger charge is 2.07. The third kappa shape index (κ3) is 1.66. The minimum Gasteiger partial charge on any atom is -0.389 e. The second-order valence-electron chi connectivity index (χ2n) is 2.77. The molecule has 0 aliphatic heterocycles. The zero-order valence-electron chi connectivity index (χ0n) is 7.20. The molecule has 2 aromatic rings. The van der Waals surface area contributed by atoms with Gasteiger partial charge in [-0.05, 0) is 12.1 Å². The van der Waals surface area contributed by atoms with Crippen molar-refractivity contribution in [2.45, 2.75) is 0 Å². The molecule has 0 fully saturated rings. The molecule has 2 rings (SSSR count). The van der Waals surface area contributed by atoms with E-state index in [4.69, 9.17) is 23.1 Å². The number of hydrogen-bond donors (Lipinski definition) is 2. The molecule has 3 nitrogen and oxygen atoms in total. The van der Waals surface area contributed by atoms with Gasteiger partial charge in [-0.1, -0.05) is 35.1 Å². The maximum atomic E-state index is 5.77. The van der Waals surface area contributed by atoms with Crippen LogP contribution in [-0.4, -0.2) is 4.98 Å². The second kappa shape index (κ2) is 3.48. The number of nitrogens with two attached hydrogens (primary N) is 2. The van der Waals surface area contributed by atoms with Gasteiger partial charge in [0.1, 0.15) is 10.7 Å². The van der Waals surface area contributed by atoms with Gasteiger partial charge in [-0.15, -0.1) is 0 Å². The highest BCUT2D eigenvalue weighted by atomic mass is 35.5. The molecule has 5 heteroatoms. The van der Waals surface area contributed by atoms with Crippen LogP contribution in [0.3, 0.4) is 0 Å². The SMILES string of the molecule is Nc1nc(-c2ccc(Cl)cc2)c(N)s1. The van der Waals surface area contributed by atoms with E-state index in [1.54, 1.807) is 12.1 Å². The molecule has 1 aromatic heterocycles. The van der Waals surface area contributed by atoms with Crippen LogP contribution in [0.1, 0.15) is 0 Å². The van der Waals surface area contributed by atoms with Crippen molar-refractivity contribution in [3.05, 3.63) is 29.3 Å². The van der Waals surface area contributed by atoms with E-state index in [1.807, 2.05) is 12.1 Å². The fourth-order valence-corrected chi connectivity index (χ4v) is 1.91. The molecule has 0 radical (unpaired) electrons. The average Bonchev–Trinajstić information content (AvgIpc) is 2.47. The number of benzene rings is 1. The topological polar surface area (TPSA) is 64.9 Å². The van der Waals surface area contributed by atoms with Crippen LogP contribution in [-0.2, 0) is 0 Å². The molecular formula is C9H8ClN3S. The summed E-state index contributed by atoms with van der Waals surface area (Å²) in [6.07, 6.45) is 0. The van der Waals surface area contributed by atoms with Gasteiger partial charge in [-0.3, -0.25) is 0 Å². The average molecular weight is 226 g/mol. The summed E-state index contributed by atoms with van der Waals surface area (Å²) in [6.45, 7) is 0. The second-order valence-corrected chi connectivity index (χ2v) is 4.27. The van der Waals surface area contributed by atoms with E-state index in [0.717, 1.165) is 11.3 Å². The Kier molecular flexibility index (Phi) is 2.31. The first-order chi connectivity index (χ1) is 6.66.